The predicted molar refractivity (Wildman–Crippen MR) is 121 cm³/mol. The maximum atomic E-state index is 13.0. The Labute approximate surface area is 182 Å². The Morgan fingerprint density at radius 1 is 0.933 bits per heavy atom. The minimum atomic E-state index is -0.00678. The normalized spacial score (nSPS) is 11.3. The summed E-state index contributed by atoms with van der Waals surface area (Å²) in [5, 5.41) is 3.09. The highest BCUT2D eigenvalue weighted by atomic mass is 35.5. The van der Waals surface area contributed by atoms with E-state index >= 15 is 0 Å². The van der Waals surface area contributed by atoms with Gasteiger partial charge in [0.2, 0.25) is 0 Å². The molecular formula is C24H15Cl2N3O. The summed E-state index contributed by atoms with van der Waals surface area (Å²) in [6.07, 6.45) is 1.97. The molecule has 0 saturated carbocycles. The van der Waals surface area contributed by atoms with E-state index in [9.17, 15) is 4.79 Å². The highest BCUT2D eigenvalue weighted by Gasteiger charge is 2.15. The number of nitrogens with one attached hydrogen (secondary N) is 1. The number of benzene rings is 3. The number of ketones is 1. The summed E-state index contributed by atoms with van der Waals surface area (Å²) in [6.45, 7) is 0. The fourth-order valence-electron chi connectivity index (χ4n) is 3.60. The van der Waals surface area contributed by atoms with Gasteiger partial charge < -0.3 is 4.98 Å². The van der Waals surface area contributed by atoms with Gasteiger partial charge in [-0.15, -0.1) is 0 Å². The van der Waals surface area contributed by atoms with Crippen LogP contribution in [-0.2, 0) is 6.42 Å². The number of H-pyrrole nitrogens is 1. The Balaban J connectivity index is 1.50. The molecular weight excluding hydrogens is 417 g/mol. The number of pyridine rings is 1. The van der Waals surface area contributed by atoms with E-state index in [2.05, 4.69) is 15.0 Å². The van der Waals surface area contributed by atoms with Gasteiger partial charge in [0.1, 0.15) is 5.82 Å². The van der Waals surface area contributed by atoms with Crippen LogP contribution in [0.2, 0.25) is 10.0 Å². The zero-order chi connectivity index (χ0) is 20.7. The molecule has 1 N–H and O–H groups in total. The number of aromatic amines is 1. The van der Waals surface area contributed by atoms with Crippen LogP contribution in [0.3, 0.4) is 0 Å². The van der Waals surface area contributed by atoms with E-state index in [1.807, 2.05) is 42.5 Å². The number of hydrogen-bond acceptors (Lipinski definition) is 3. The fraction of sp³-hybridized carbons (Fsp3) is 0.0417. The van der Waals surface area contributed by atoms with Crippen LogP contribution in [0.5, 0.6) is 0 Å². The molecule has 0 atom stereocenters. The van der Waals surface area contributed by atoms with Crippen LogP contribution >= 0.6 is 23.2 Å². The third-order valence-electron chi connectivity index (χ3n) is 5.09. The van der Waals surface area contributed by atoms with E-state index < -0.39 is 0 Å². The quantitative estimate of drug-likeness (QED) is 0.330. The van der Waals surface area contributed by atoms with Crippen molar-refractivity contribution >= 4 is 50.8 Å². The van der Waals surface area contributed by atoms with Crippen molar-refractivity contribution in [2.24, 2.45) is 0 Å². The maximum absolute atomic E-state index is 13.0. The largest absolute Gasteiger partial charge is 0.338 e. The summed E-state index contributed by atoms with van der Waals surface area (Å²) >= 11 is 12.6. The lowest BCUT2D eigenvalue weighted by molar-refractivity contribution is 0.0992. The molecule has 0 fully saturated rings. The molecule has 2 aromatic heterocycles. The standard InChI is InChI=1S/C24H15Cl2N3O/c25-17-6-3-7-18(26)23(17)24-28-19-9-8-15(12-21(19)29-24)22(30)13-20-16-5-2-1-4-14(16)10-11-27-20/h1-12H,13H2,(H,28,29). The van der Waals surface area contributed by atoms with Gasteiger partial charge in [-0.1, -0.05) is 53.5 Å². The first-order valence-electron chi connectivity index (χ1n) is 9.40. The van der Waals surface area contributed by atoms with Crippen LogP contribution in [0, 0.1) is 0 Å². The molecule has 0 aliphatic heterocycles. The number of fused-ring (bicyclic) bond motifs is 2. The maximum Gasteiger partial charge on any atom is 0.168 e. The summed E-state index contributed by atoms with van der Waals surface area (Å²) in [7, 11) is 0. The van der Waals surface area contributed by atoms with Crippen molar-refractivity contribution in [2.75, 3.05) is 0 Å². The Kier molecular flexibility index (Phi) is 4.74. The molecule has 3 aromatic carbocycles. The van der Waals surface area contributed by atoms with Crippen LogP contribution in [0.1, 0.15) is 16.1 Å². The molecule has 0 radical (unpaired) electrons. The monoisotopic (exact) mass is 431 g/mol. The molecule has 0 amide bonds. The van der Waals surface area contributed by atoms with Crippen LogP contribution in [0.25, 0.3) is 33.2 Å². The average Bonchev–Trinajstić information content (AvgIpc) is 3.16. The van der Waals surface area contributed by atoms with Crippen molar-refractivity contribution in [2.45, 2.75) is 6.42 Å². The summed E-state index contributed by atoms with van der Waals surface area (Å²) in [5.41, 5.74) is 3.49. The van der Waals surface area contributed by atoms with Crippen molar-refractivity contribution < 1.29 is 4.79 Å². The molecule has 0 bridgehead atoms. The van der Waals surface area contributed by atoms with E-state index in [0.717, 1.165) is 27.5 Å². The molecule has 30 heavy (non-hydrogen) atoms. The second-order valence-electron chi connectivity index (χ2n) is 6.99. The second kappa shape index (κ2) is 7.56. The van der Waals surface area contributed by atoms with Crippen molar-refractivity contribution in [3.63, 3.8) is 0 Å². The van der Waals surface area contributed by atoms with Gasteiger partial charge in [0.25, 0.3) is 0 Å². The summed E-state index contributed by atoms with van der Waals surface area (Å²) in [5.74, 6) is 0.564. The number of carbonyl (C=O) groups is 1. The molecule has 0 saturated heterocycles. The Hall–Kier alpha value is -3.21. The molecule has 6 heteroatoms. The number of imidazole rings is 1. The van der Waals surface area contributed by atoms with E-state index in [-0.39, 0.29) is 12.2 Å². The summed E-state index contributed by atoms with van der Waals surface area (Å²) < 4.78 is 0. The first kappa shape index (κ1) is 18.8. The van der Waals surface area contributed by atoms with Crippen LogP contribution in [-0.4, -0.2) is 20.7 Å². The zero-order valence-corrected chi connectivity index (χ0v) is 17.2. The van der Waals surface area contributed by atoms with Gasteiger partial charge in [-0.05, 0) is 41.8 Å². The molecule has 146 valence electrons. The number of rotatable bonds is 4. The number of aromatic nitrogens is 3. The van der Waals surface area contributed by atoms with Crippen molar-refractivity contribution in [3.05, 3.63) is 94.2 Å². The van der Waals surface area contributed by atoms with Gasteiger partial charge in [0.05, 0.1) is 38.8 Å². The van der Waals surface area contributed by atoms with Crippen LogP contribution in [0.15, 0.2) is 72.9 Å². The summed E-state index contributed by atoms with van der Waals surface area (Å²) in [4.78, 5) is 25.2. The van der Waals surface area contributed by atoms with Crippen LogP contribution in [0.4, 0.5) is 0 Å². The Morgan fingerprint density at radius 2 is 1.73 bits per heavy atom. The minimum Gasteiger partial charge on any atom is -0.338 e. The number of carbonyl (C=O) groups excluding carboxylic acids is 1. The molecule has 0 unspecified atom stereocenters. The van der Waals surface area contributed by atoms with Gasteiger partial charge in [-0.3, -0.25) is 9.78 Å². The molecule has 5 aromatic rings. The van der Waals surface area contributed by atoms with Gasteiger partial charge in [0, 0.05) is 17.1 Å². The van der Waals surface area contributed by atoms with Gasteiger partial charge in [-0.2, -0.15) is 0 Å². The van der Waals surface area contributed by atoms with E-state index in [1.54, 1.807) is 30.5 Å². The van der Waals surface area contributed by atoms with Crippen molar-refractivity contribution in [3.8, 4) is 11.4 Å². The number of hydrogen-bond donors (Lipinski definition) is 1. The van der Waals surface area contributed by atoms with E-state index in [0.29, 0.717) is 27.0 Å². The van der Waals surface area contributed by atoms with Crippen molar-refractivity contribution in [1.82, 2.24) is 15.0 Å². The lowest BCUT2D eigenvalue weighted by Gasteiger charge is -2.05. The molecule has 4 nitrogen and oxygen atoms in total. The van der Waals surface area contributed by atoms with Crippen molar-refractivity contribution in [1.29, 1.82) is 0 Å². The molecule has 0 spiro atoms. The Bertz CT molecular complexity index is 1400. The second-order valence-corrected chi connectivity index (χ2v) is 7.81. The molecule has 2 heterocycles. The highest BCUT2D eigenvalue weighted by Crippen LogP contribution is 2.34. The molecule has 5 rings (SSSR count). The first-order valence-corrected chi connectivity index (χ1v) is 10.2. The van der Waals surface area contributed by atoms with Gasteiger partial charge >= 0.3 is 0 Å². The molecule has 0 aliphatic rings. The number of nitrogens with zero attached hydrogens (tertiary/aromatic N) is 2. The lowest BCUT2D eigenvalue weighted by atomic mass is 10.0. The minimum absolute atomic E-state index is 0.00678. The number of Topliss-reactive ketones (excluding diaryl/α,β-unsaturated/α-hetero) is 1. The predicted octanol–water partition coefficient (Wildman–Crippen LogP) is 6.51. The van der Waals surface area contributed by atoms with Gasteiger partial charge in [-0.25, -0.2) is 4.98 Å². The Morgan fingerprint density at radius 3 is 2.57 bits per heavy atom. The third kappa shape index (κ3) is 3.34. The highest BCUT2D eigenvalue weighted by molar-refractivity contribution is 6.39. The van der Waals surface area contributed by atoms with E-state index in [4.69, 9.17) is 23.2 Å². The summed E-state index contributed by atoms with van der Waals surface area (Å²) in [6, 6.07) is 20.6. The topological polar surface area (TPSA) is 58.6 Å². The fourth-order valence-corrected chi connectivity index (χ4v) is 4.18. The zero-order valence-electron chi connectivity index (χ0n) is 15.7. The number of halogens is 2. The van der Waals surface area contributed by atoms with Crippen LogP contribution < -0.4 is 0 Å². The average molecular weight is 432 g/mol. The van der Waals surface area contributed by atoms with Gasteiger partial charge in [0.15, 0.2) is 5.78 Å². The first-order chi connectivity index (χ1) is 14.6. The third-order valence-corrected chi connectivity index (χ3v) is 5.72. The SMILES string of the molecule is O=C(Cc1nccc2ccccc12)c1ccc2nc(-c3c(Cl)cccc3Cl)[nH]c2c1. The molecule has 0 aliphatic carbocycles. The van der Waals surface area contributed by atoms with E-state index in [1.165, 1.54) is 0 Å². The lowest BCUT2D eigenvalue weighted by Crippen LogP contribution is -2.05. The smallest absolute Gasteiger partial charge is 0.168 e.